The van der Waals surface area contributed by atoms with Crippen molar-refractivity contribution in [3.63, 3.8) is 0 Å². The lowest BCUT2D eigenvalue weighted by molar-refractivity contribution is 0.125. The molecule has 1 aromatic carbocycles. The van der Waals surface area contributed by atoms with Crippen molar-refractivity contribution in [1.82, 2.24) is 10.2 Å². The zero-order chi connectivity index (χ0) is 14.5. The van der Waals surface area contributed by atoms with Gasteiger partial charge in [0, 0.05) is 18.6 Å². The molecule has 2 nitrogen and oxygen atoms in total. The molecule has 1 aliphatic heterocycles. The van der Waals surface area contributed by atoms with Crippen molar-refractivity contribution in [2.24, 2.45) is 5.92 Å². The van der Waals surface area contributed by atoms with Crippen molar-refractivity contribution >= 4 is 0 Å². The Morgan fingerprint density at radius 1 is 1.20 bits per heavy atom. The third-order valence-corrected chi connectivity index (χ3v) is 4.61. The molecule has 1 fully saturated rings. The molecule has 0 aromatic heterocycles. The summed E-state index contributed by atoms with van der Waals surface area (Å²) in [6, 6.07) is 10.1. The normalized spacial score (nSPS) is 18.7. The number of benzene rings is 1. The number of hydrogen-bond acceptors (Lipinski definition) is 2. The summed E-state index contributed by atoms with van der Waals surface area (Å²) in [6.07, 6.45) is 2.65. The Morgan fingerprint density at radius 2 is 1.90 bits per heavy atom. The highest BCUT2D eigenvalue weighted by Gasteiger charge is 2.23. The molecule has 0 bridgehead atoms. The van der Waals surface area contributed by atoms with Gasteiger partial charge in [-0.3, -0.25) is 4.90 Å². The Balaban J connectivity index is 2.07. The van der Waals surface area contributed by atoms with Crippen LogP contribution in [0.25, 0.3) is 0 Å². The Kier molecular flexibility index (Phi) is 5.62. The summed E-state index contributed by atoms with van der Waals surface area (Å²) in [6.45, 7) is 12.8. The van der Waals surface area contributed by atoms with E-state index in [1.807, 2.05) is 0 Å². The second kappa shape index (κ2) is 7.24. The maximum Gasteiger partial charge on any atom is 0.0322 e. The Bertz CT molecular complexity index is 408. The van der Waals surface area contributed by atoms with Crippen molar-refractivity contribution in [3.05, 3.63) is 35.4 Å². The van der Waals surface area contributed by atoms with Gasteiger partial charge in [0.15, 0.2) is 0 Å². The molecule has 1 N–H and O–H groups in total. The van der Waals surface area contributed by atoms with Gasteiger partial charge >= 0.3 is 0 Å². The lowest BCUT2D eigenvalue weighted by atomic mass is 9.95. The van der Waals surface area contributed by atoms with Crippen LogP contribution in [0.15, 0.2) is 24.3 Å². The highest BCUT2D eigenvalue weighted by atomic mass is 15.2. The summed E-state index contributed by atoms with van der Waals surface area (Å²) in [5, 5.41) is 3.47. The predicted octanol–water partition coefficient (Wildman–Crippen LogP) is 3.77. The molecular formula is C18H30N2. The Labute approximate surface area is 124 Å². The summed E-state index contributed by atoms with van der Waals surface area (Å²) in [7, 11) is 0. The minimum Gasteiger partial charge on any atom is -0.317 e. The van der Waals surface area contributed by atoms with Gasteiger partial charge in [0.25, 0.3) is 0 Å². The van der Waals surface area contributed by atoms with Crippen LogP contribution in [0.5, 0.6) is 0 Å². The molecule has 0 aliphatic carbocycles. The third-order valence-electron chi connectivity index (χ3n) is 4.61. The van der Waals surface area contributed by atoms with Crippen molar-refractivity contribution in [2.45, 2.75) is 52.6 Å². The maximum atomic E-state index is 3.47. The van der Waals surface area contributed by atoms with Gasteiger partial charge in [-0.2, -0.15) is 0 Å². The standard InChI is InChI=1S/C18H30N2/c1-14(2)20(13-17-8-10-19-11-9-17)16(4)18-7-5-6-15(3)12-18/h5-7,12,14,16-17,19H,8-11,13H2,1-4H3. The van der Waals surface area contributed by atoms with Crippen LogP contribution in [0.4, 0.5) is 0 Å². The van der Waals surface area contributed by atoms with Crippen molar-refractivity contribution in [1.29, 1.82) is 0 Å². The molecular weight excluding hydrogens is 244 g/mol. The smallest absolute Gasteiger partial charge is 0.0322 e. The van der Waals surface area contributed by atoms with Gasteiger partial charge < -0.3 is 5.32 Å². The van der Waals surface area contributed by atoms with E-state index in [-0.39, 0.29) is 0 Å². The fraction of sp³-hybridized carbons (Fsp3) is 0.667. The summed E-state index contributed by atoms with van der Waals surface area (Å²) in [5.41, 5.74) is 2.81. The monoisotopic (exact) mass is 274 g/mol. The molecule has 0 saturated carbocycles. The number of hydrogen-bond donors (Lipinski definition) is 1. The fourth-order valence-corrected chi connectivity index (χ4v) is 3.30. The van der Waals surface area contributed by atoms with E-state index in [9.17, 15) is 0 Å². The second-order valence-electron chi connectivity index (χ2n) is 6.57. The van der Waals surface area contributed by atoms with Crippen LogP contribution in [0, 0.1) is 12.8 Å². The van der Waals surface area contributed by atoms with E-state index in [4.69, 9.17) is 0 Å². The van der Waals surface area contributed by atoms with Gasteiger partial charge in [0.1, 0.15) is 0 Å². The van der Waals surface area contributed by atoms with Crippen LogP contribution in [-0.4, -0.2) is 30.6 Å². The van der Waals surface area contributed by atoms with Crippen LogP contribution in [0.3, 0.4) is 0 Å². The molecule has 20 heavy (non-hydrogen) atoms. The predicted molar refractivity (Wildman–Crippen MR) is 87.0 cm³/mol. The Hall–Kier alpha value is -0.860. The third kappa shape index (κ3) is 4.07. The quantitative estimate of drug-likeness (QED) is 0.879. The van der Waals surface area contributed by atoms with Crippen LogP contribution in [0.1, 0.15) is 50.8 Å². The van der Waals surface area contributed by atoms with Gasteiger partial charge in [-0.15, -0.1) is 0 Å². The largest absolute Gasteiger partial charge is 0.317 e. The van der Waals surface area contributed by atoms with E-state index in [0.717, 1.165) is 5.92 Å². The van der Waals surface area contributed by atoms with Crippen molar-refractivity contribution < 1.29 is 0 Å². The topological polar surface area (TPSA) is 15.3 Å². The molecule has 2 rings (SSSR count). The molecule has 0 amide bonds. The highest BCUT2D eigenvalue weighted by Crippen LogP contribution is 2.26. The zero-order valence-electron chi connectivity index (χ0n) is 13.5. The van der Waals surface area contributed by atoms with Crippen LogP contribution < -0.4 is 5.32 Å². The average molecular weight is 274 g/mol. The summed E-state index contributed by atoms with van der Waals surface area (Å²) >= 11 is 0. The molecule has 0 radical (unpaired) electrons. The molecule has 1 aliphatic rings. The summed E-state index contributed by atoms with van der Waals surface area (Å²) in [5.74, 6) is 0.853. The number of aryl methyl sites for hydroxylation is 1. The molecule has 1 heterocycles. The van der Waals surface area contributed by atoms with Gasteiger partial charge in [-0.25, -0.2) is 0 Å². The molecule has 1 aromatic rings. The van der Waals surface area contributed by atoms with Crippen molar-refractivity contribution in [2.75, 3.05) is 19.6 Å². The lowest BCUT2D eigenvalue weighted by Gasteiger charge is -2.37. The van der Waals surface area contributed by atoms with E-state index in [2.05, 4.69) is 62.2 Å². The average Bonchev–Trinajstić information content (AvgIpc) is 2.45. The summed E-state index contributed by atoms with van der Waals surface area (Å²) in [4.78, 5) is 2.67. The van der Waals surface area contributed by atoms with Gasteiger partial charge in [-0.1, -0.05) is 29.8 Å². The minimum atomic E-state index is 0.504. The van der Waals surface area contributed by atoms with Gasteiger partial charge in [-0.05, 0) is 65.1 Å². The SMILES string of the molecule is Cc1cccc(C(C)N(CC2CCNCC2)C(C)C)c1. The second-order valence-corrected chi connectivity index (χ2v) is 6.57. The number of piperidine rings is 1. The zero-order valence-corrected chi connectivity index (χ0v) is 13.5. The molecule has 0 spiro atoms. The van der Waals surface area contributed by atoms with Crippen LogP contribution in [-0.2, 0) is 0 Å². The molecule has 2 heteroatoms. The first-order valence-corrected chi connectivity index (χ1v) is 8.11. The molecule has 1 unspecified atom stereocenters. The number of nitrogens with zero attached hydrogens (tertiary/aromatic N) is 1. The van der Waals surface area contributed by atoms with E-state index >= 15 is 0 Å². The molecule has 1 saturated heterocycles. The molecule has 112 valence electrons. The van der Waals surface area contributed by atoms with Crippen molar-refractivity contribution in [3.8, 4) is 0 Å². The number of nitrogens with one attached hydrogen (secondary N) is 1. The first kappa shape index (κ1) is 15.5. The van der Waals surface area contributed by atoms with E-state index in [0.29, 0.717) is 12.1 Å². The highest BCUT2D eigenvalue weighted by molar-refractivity contribution is 5.24. The number of rotatable bonds is 5. The van der Waals surface area contributed by atoms with Gasteiger partial charge in [0.2, 0.25) is 0 Å². The first-order valence-electron chi connectivity index (χ1n) is 8.11. The van der Waals surface area contributed by atoms with Crippen LogP contribution >= 0.6 is 0 Å². The minimum absolute atomic E-state index is 0.504. The van der Waals surface area contributed by atoms with E-state index < -0.39 is 0 Å². The Morgan fingerprint density at radius 3 is 2.50 bits per heavy atom. The maximum absolute atomic E-state index is 3.47. The van der Waals surface area contributed by atoms with Crippen LogP contribution in [0.2, 0.25) is 0 Å². The van der Waals surface area contributed by atoms with E-state index in [1.54, 1.807) is 0 Å². The molecule has 1 atom stereocenters. The fourth-order valence-electron chi connectivity index (χ4n) is 3.30. The van der Waals surface area contributed by atoms with E-state index in [1.165, 1.54) is 43.6 Å². The summed E-state index contributed by atoms with van der Waals surface area (Å²) < 4.78 is 0. The lowest BCUT2D eigenvalue weighted by Crippen LogP contribution is -2.40. The first-order chi connectivity index (χ1) is 9.58. The van der Waals surface area contributed by atoms with Gasteiger partial charge in [0.05, 0.1) is 0 Å².